The molecule has 0 radical (unpaired) electrons. The summed E-state index contributed by atoms with van der Waals surface area (Å²) >= 11 is 6.12. The third-order valence-corrected chi connectivity index (χ3v) is 3.65. The lowest BCUT2D eigenvalue weighted by molar-refractivity contribution is -0.119. The number of carbonyl (C=O) groups excluding carboxylic acids is 2. The van der Waals surface area contributed by atoms with E-state index in [1.54, 1.807) is 12.1 Å². The Labute approximate surface area is 133 Å². The summed E-state index contributed by atoms with van der Waals surface area (Å²) < 4.78 is 5.30. The molecule has 6 nitrogen and oxygen atoms in total. The number of hydrogen-bond acceptors (Lipinski definition) is 4. The summed E-state index contributed by atoms with van der Waals surface area (Å²) in [7, 11) is 0. The number of hydrogen-bond donors (Lipinski definition) is 3. The zero-order valence-electron chi connectivity index (χ0n) is 11.1. The maximum atomic E-state index is 12.0. The van der Waals surface area contributed by atoms with Crippen molar-refractivity contribution in [3.05, 3.63) is 17.2 Å². The fourth-order valence-corrected chi connectivity index (χ4v) is 2.53. The van der Waals surface area contributed by atoms with E-state index in [2.05, 4.69) is 16.0 Å². The van der Waals surface area contributed by atoms with Crippen molar-refractivity contribution >= 4 is 47.2 Å². The molecule has 0 bridgehead atoms. The van der Waals surface area contributed by atoms with Crippen molar-refractivity contribution in [3.8, 4) is 5.75 Å². The van der Waals surface area contributed by atoms with Crippen molar-refractivity contribution in [1.29, 1.82) is 0 Å². The molecule has 0 spiro atoms. The van der Waals surface area contributed by atoms with Gasteiger partial charge in [0.2, 0.25) is 5.91 Å². The summed E-state index contributed by atoms with van der Waals surface area (Å²) in [6.45, 7) is 0.817. The molecule has 3 N–H and O–H groups in total. The standard InChI is InChI=1S/C13H14ClN3O3.ClH/c14-7-4-10-11(20-6-12(18)16-10)5-9(7)17-13(19)8-2-1-3-15-8;/h4-5,8,15H,1-3,6H2,(H,16,18)(H,17,19);1H. The van der Waals surface area contributed by atoms with Gasteiger partial charge in [0.05, 0.1) is 22.4 Å². The Bertz CT molecular complexity index is 574. The van der Waals surface area contributed by atoms with Gasteiger partial charge < -0.3 is 20.7 Å². The molecule has 2 heterocycles. The minimum atomic E-state index is -0.222. The van der Waals surface area contributed by atoms with Gasteiger partial charge in [-0.2, -0.15) is 0 Å². The van der Waals surface area contributed by atoms with Crippen LogP contribution in [0, 0.1) is 0 Å². The van der Waals surface area contributed by atoms with Crippen molar-refractivity contribution in [2.45, 2.75) is 18.9 Å². The minimum absolute atomic E-state index is 0. The molecule has 2 aliphatic rings. The summed E-state index contributed by atoms with van der Waals surface area (Å²) in [5.41, 5.74) is 1.00. The summed E-state index contributed by atoms with van der Waals surface area (Å²) in [5.74, 6) is 0.174. The Hall–Kier alpha value is -1.50. The first-order valence-corrected chi connectivity index (χ1v) is 6.82. The lowest BCUT2D eigenvalue weighted by atomic mass is 10.2. The van der Waals surface area contributed by atoms with Crippen LogP contribution in [0.4, 0.5) is 11.4 Å². The number of halogens is 2. The second kappa shape index (κ2) is 6.51. The van der Waals surface area contributed by atoms with E-state index in [4.69, 9.17) is 16.3 Å². The average Bonchev–Trinajstić information content (AvgIpc) is 2.94. The topological polar surface area (TPSA) is 79.5 Å². The van der Waals surface area contributed by atoms with E-state index in [9.17, 15) is 9.59 Å². The van der Waals surface area contributed by atoms with Crippen LogP contribution >= 0.6 is 24.0 Å². The van der Waals surface area contributed by atoms with Gasteiger partial charge in [0.15, 0.2) is 6.61 Å². The molecule has 0 saturated carbocycles. The Balaban J connectivity index is 0.00000161. The Morgan fingerprint density at radius 3 is 2.95 bits per heavy atom. The molecule has 1 aromatic carbocycles. The van der Waals surface area contributed by atoms with Crippen LogP contribution in [0.1, 0.15) is 12.8 Å². The van der Waals surface area contributed by atoms with Gasteiger partial charge in [-0.15, -0.1) is 12.4 Å². The third-order valence-electron chi connectivity index (χ3n) is 3.34. The SMILES string of the molecule is Cl.O=C1COc2cc(NC(=O)C3CCCN3)c(Cl)cc2N1. The van der Waals surface area contributed by atoms with Crippen LogP contribution in [-0.4, -0.2) is 31.0 Å². The highest BCUT2D eigenvalue weighted by Crippen LogP contribution is 2.36. The number of carbonyl (C=O) groups is 2. The van der Waals surface area contributed by atoms with E-state index in [0.29, 0.717) is 22.1 Å². The Morgan fingerprint density at radius 1 is 1.43 bits per heavy atom. The number of rotatable bonds is 2. The van der Waals surface area contributed by atoms with E-state index in [0.717, 1.165) is 19.4 Å². The molecule has 8 heteroatoms. The second-order valence-electron chi connectivity index (χ2n) is 4.80. The largest absolute Gasteiger partial charge is 0.482 e. The predicted octanol–water partition coefficient (Wildman–Crippen LogP) is 1.78. The van der Waals surface area contributed by atoms with Crippen LogP contribution in [0.3, 0.4) is 0 Å². The number of nitrogens with one attached hydrogen (secondary N) is 3. The fourth-order valence-electron chi connectivity index (χ4n) is 2.32. The Morgan fingerprint density at radius 2 is 2.24 bits per heavy atom. The molecule has 0 aromatic heterocycles. The molecular weight excluding hydrogens is 317 g/mol. The molecule has 3 rings (SSSR count). The molecular formula is C13H15Cl2N3O3. The van der Waals surface area contributed by atoms with E-state index in [-0.39, 0.29) is 36.9 Å². The molecule has 0 aliphatic carbocycles. The first kappa shape index (κ1) is 15.9. The van der Waals surface area contributed by atoms with Gasteiger partial charge in [0.25, 0.3) is 5.91 Å². The minimum Gasteiger partial charge on any atom is -0.482 e. The molecule has 21 heavy (non-hydrogen) atoms. The summed E-state index contributed by atoms with van der Waals surface area (Å²) in [6, 6.07) is 3.03. The number of anilines is 2. The first-order chi connectivity index (χ1) is 9.63. The number of fused-ring (bicyclic) bond motifs is 1. The van der Waals surface area contributed by atoms with Gasteiger partial charge in [0, 0.05) is 6.07 Å². The highest BCUT2D eigenvalue weighted by atomic mass is 35.5. The van der Waals surface area contributed by atoms with Gasteiger partial charge in [-0.05, 0) is 25.5 Å². The summed E-state index contributed by atoms with van der Waals surface area (Å²) in [6.07, 6.45) is 1.81. The van der Waals surface area contributed by atoms with Crippen LogP contribution in [-0.2, 0) is 9.59 Å². The van der Waals surface area contributed by atoms with Crippen molar-refractivity contribution in [3.63, 3.8) is 0 Å². The highest BCUT2D eigenvalue weighted by Gasteiger charge is 2.24. The van der Waals surface area contributed by atoms with E-state index in [1.165, 1.54) is 0 Å². The van der Waals surface area contributed by atoms with Gasteiger partial charge >= 0.3 is 0 Å². The van der Waals surface area contributed by atoms with E-state index in [1.807, 2.05) is 0 Å². The second-order valence-corrected chi connectivity index (χ2v) is 5.21. The zero-order chi connectivity index (χ0) is 14.1. The molecule has 114 valence electrons. The molecule has 1 aromatic rings. The highest BCUT2D eigenvalue weighted by molar-refractivity contribution is 6.34. The van der Waals surface area contributed by atoms with Gasteiger partial charge in [-0.1, -0.05) is 11.6 Å². The van der Waals surface area contributed by atoms with Crippen molar-refractivity contribution in [1.82, 2.24) is 5.32 Å². The molecule has 2 amide bonds. The van der Waals surface area contributed by atoms with Crippen LogP contribution in [0.5, 0.6) is 5.75 Å². The maximum Gasteiger partial charge on any atom is 0.262 e. The van der Waals surface area contributed by atoms with Gasteiger partial charge in [-0.25, -0.2) is 0 Å². The zero-order valence-corrected chi connectivity index (χ0v) is 12.6. The maximum absolute atomic E-state index is 12.0. The van der Waals surface area contributed by atoms with Gasteiger partial charge in [-0.3, -0.25) is 9.59 Å². The van der Waals surface area contributed by atoms with Crippen molar-refractivity contribution < 1.29 is 14.3 Å². The average molecular weight is 332 g/mol. The Kier molecular flexibility index (Phi) is 4.92. The van der Waals surface area contributed by atoms with Crippen LogP contribution in [0.2, 0.25) is 5.02 Å². The molecule has 1 fully saturated rings. The van der Waals surface area contributed by atoms with Crippen LogP contribution in [0.25, 0.3) is 0 Å². The quantitative estimate of drug-likeness (QED) is 0.771. The first-order valence-electron chi connectivity index (χ1n) is 6.44. The molecule has 1 unspecified atom stereocenters. The summed E-state index contributed by atoms with van der Waals surface area (Å²) in [4.78, 5) is 23.3. The number of ether oxygens (including phenoxy) is 1. The lowest BCUT2D eigenvalue weighted by Crippen LogP contribution is -2.35. The molecule has 2 aliphatic heterocycles. The lowest BCUT2D eigenvalue weighted by Gasteiger charge is -2.20. The van der Waals surface area contributed by atoms with Crippen molar-refractivity contribution in [2.24, 2.45) is 0 Å². The van der Waals surface area contributed by atoms with Crippen LogP contribution in [0.15, 0.2) is 12.1 Å². The monoisotopic (exact) mass is 331 g/mol. The third kappa shape index (κ3) is 3.40. The van der Waals surface area contributed by atoms with Crippen molar-refractivity contribution in [2.75, 3.05) is 23.8 Å². The normalized spacial score (nSPS) is 19.9. The number of benzene rings is 1. The molecule has 1 atom stereocenters. The fraction of sp³-hybridized carbons (Fsp3) is 0.385. The van der Waals surface area contributed by atoms with Gasteiger partial charge in [0.1, 0.15) is 5.75 Å². The van der Waals surface area contributed by atoms with Crippen LogP contribution < -0.4 is 20.7 Å². The van der Waals surface area contributed by atoms with E-state index >= 15 is 0 Å². The molecule has 1 saturated heterocycles. The number of amides is 2. The predicted molar refractivity (Wildman–Crippen MR) is 82.5 cm³/mol. The smallest absolute Gasteiger partial charge is 0.262 e. The van der Waals surface area contributed by atoms with E-state index < -0.39 is 0 Å². The summed E-state index contributed by atoms with van der Waals surface area (Å²) in [5, 5.41) is 8.93.